The van der Waals surface area contributed by atoms with Crippen LogP contribution in [0, 0.1) is 0 Å². The van der Waals surface area contributed by atoms with Gasteiger partial charge >= 0.3 is 0 Å². The first-order valence-electron chi connectivity index (χ1n) is 4.02. The lowest BCUT2D eigenvalue weighted by Crippen LogP contribution is -2.32. The minimum Gasteiger partial charge on any atom is -0.368 e. The Bertz CT molecular complexity index is 298. The number of hydrogen-bond acceptors (Lipinski definition) is 5. The molecule has 6 heteroatoms. The largest absolute Gasteiger partial charge is 0.368 e. The van der Waals surface area contributed by atoms with Crippen LogP contribution in [0.2, 0.25) is 0 Å². The number of nitrogens with one attached hydrogen (secondary N) is 1. The number of aromatic nitrogens is 2. The summed E-state index contributed by atoms with van der Waals surface area (Å²) in [6.45, 7) is 3.67. The highest BCUT2D eigenvalue weighted by Gasteiger charge is 2.10. The van der Waals surface area contributed by atoms with Gasteiger partial charge in [0.2, 0.25) is 11.0 Å². The van der Waals surface area contributed by atoms with Gasteiger partial charge in [0.25, 0.3) is 0 Å². The van der Waals surface area contributed by atoms with E-state index in [-0.39, 0.29) is 0 Å². The van der Waals surface area contributed by atoms with Crippen molar-refractivity contribution < 1.29 is 4.79 Å². The molecule has 0 spiro atoms. The van der Waals surface area contributed by atoms with E-state index in [0.29, 0.717) is 5.13 Å². The minimum atomic E-state index is -0.405. The summed E-state index contributed by atoms with van der Waals surface area (Å²) in [5.74, 6) is 0.386. The molecule has 0 saturated heterocycles. The molecule has 1 aromatic rings. The number of carbonyl (C=O) groups is 1. The van der Waals surface area contributed by atoms with E-state index in [1.54, 1.807) is 6.92 Å². The lowest BCUT2D eigenvalue weighted by molar-refractivity contribution is -0.118. The quantitative estimate of drug-likeness (QED) is 0.736. The van der Waals surface area contributed by atoms with Crippen LogP contribution in [0.4, 0.5) is 5.13 Å². The number of rotatable bonds is 4. The van der Waals surface area contributed by atoms with Crippen molar-refractivity contribution in [2.75, 3.05) is 5.32 Å². The zero-order valence-corrected chi connectivity index (χ0v) is 8.39. The molecule has 0 aliphatic heterocycles. The lowest BCUT2D eigenvalue weighted by Gasteiger charge is -2.06. The van der Waals surface area contributed by atoms with Crippen LogP contribution in [0.3, 0.4) is 0 Å². The number of amides is 1. The van der Waals surface area contributed by atoms with Crippen molar-refractivity contribution in [1.82, 2.24) is 9.36 Å². The first kappa shape index (κ1) is 9.91. The summed E-state index contributed by atoms with van der Waals surface area (Å²) in [4.78, 5) is 14.8. The normalized spacial score (nSPS) is 12.5. The average Bonchev–Trinajstić information content (AvgIpc) is 2.52. The second-order valence-corrected chi connectivity index (χ2v) is 3.39. The number of anilines is 1. The van der Waals surface area contributed by atoms with Gasteiger partial charge in [0, 0.05) is 18.0 Å². The van der Waals surface area contributed by atoms with Gasteiger partial charge < -0.3 is 11.1 Å². The molecule has 1 atom stereocenters. The average molecular weight is 200 g/mol. The zero-order valence-electron chi connectivity index (χ0n) is 7.57. The third-order valence-corrected chi connectivity index (χ3v) is 2.24. The van der Waals surface area contributed by atoms with Gasteiger partial charge in [0.1, 0.15) is 11.9 Å². The fraction of sp³-hybridized carbons (Fsp3) is 0.571. The highest BCUT2D eigenvalue weighted by Crippen LogP contribution is 2.12. The van der Waals surface area contributed by atoms with Gasteiger partial charge in [0.15, 0.2) is 0 Å². The maximum absolute atomic E-state index is 10.7. The molecule has 0 aliphatic rings. The molecule has 3 N–H and O–H groups in total. The second-order valence-electron chi connectivity index (χ2n) is 2.64. The standard InChI is InChI=1S/C7H12N4OS/c1-3-5-10-7(13-11-5)9-4(2)6(8)12/h4H,3H2,1-2H3,(H2,8,12)(H,9,10,11). The molecule has 1 aromatic heterocycles. The summed E-state index contributed by atoms with van der Waals surface area (Å²) in [5, 5.41) is 3.51. The third-order valence-electron chi connectivity index (χ3n) is 1.55. The molecule has 1 rings (SSSR count). The van der Waals surface area contributed by atoms with E-state index in [9.17, 15) is 4.79 Å². The Labute approximate surface area is 80.5 Å². The van der Waals surface area contributed by atoms with Crippen molar-refractivity contribution in [3.05, 3.63) is 5.82 Å². The van der Waals surface area contributed by atoms with Gasteiger partial charge in [-0.05, 0) is 6.92 Å². The summed E-state index contributed by atoms with van der Waals surface area (Å²) in [5.41, 5.74) is 5.08. The summed E-state index contributed by atoms with van der Waals surface area (Å²) in [6, 6.07) is -0.405. The van der Waals surface area contributed by atoms with Crippen LogP contribution in [-0.2, 0) is 11.2 Å². The Kier molecular flexibility index (Phi) is 3.18. The van der Waals surface area contributed by atoms with Crippen LogP contribution >= 0.6 is 11.5 Å². The van der Waals surface area contributed by atoms with E-state index in [2.05, 4.69) is 14.7 Å². The summed E-state index contributed by atoms with van der Waals surface area (Å²) in [7, 11) is 0. The fourth-order valence-electron chi connectivity index (χ4n) is 0.713. The van der Waals surface area contributed by atoms with Crippen LogP contribution in [-0.4, -0.2) is 21.3 Å². The molecule has 0 saturated carbocycles. The van der Waals surface area contributed by atoms with Crippen LogP contribution in [0.5, 0.6) is 0 Å². The molecule has 1 unspecified atom stereocenters. The molecule has 5 nitrogen and oxygen atoms in total. The topological polar surface area (TPSA) is 80.9 Å². The predicted molar refractivity (Wildman–Crippen MR) is 51.6 cm³/mol. The van der Waals surface area contributed by atoms with E-state index < -0.39 is 11.9 Å². The monoisotopic (exact) mass is 200 g/mol. The first-order chi connectivity index (χ1) is 6.13. The molecule has 0 radical (unpaired) electrons. The SMILES string of the molecule is CCc1nsc(NC(C)C(N)=O)n1. The minimum absolute atomic E-state index is 0.395. The number of carbonyl (C=O) groups excluding carboxylic acids is 1. The third kappa shape index (κ3) is 2.66. The Morgan fingerprint density at radius 1 is 1.77 bits per heavy atom. The van der Waals surface area contributed by atoms with Crippen LogP contribution < -0.4 is 11.1 Å². The van der Waals surface area contributed by atoms with Crippen molar-refractivity contribution in [1.29, 1.82) is 0 Å². The highest BCUT2D eigenvalue weighted by molar-refractivity contribution is 7.09. The molecule has 0 aromatic carbocycles. The Morgan fingerprint density at radius 2 is 2.46 bits per heavy atom. The number of nitrogens with two attached hydrogens (primary N) is 1. The van der Waals surface area contributed by atoms with Gasteiger partial charge in [-0.15, -0.1) is 0 Å². The van der Waals surface area contributed by atoms with E-state index in [0.717, 1.165) is 12.2 Å². The Balaban J connectivity index is 2.58. The first-order valence-corrected chi connectivity index (χ1v) is 4.79. The summed E-state index contributed by atoms with van der Waals surface area (Å²) >= 11 is 1.24. The van der Waals surface area contributed by atoms with E-state index in [1.165, 1.54) is 11.5 Å². The molecule has 72 valence electrons. The zero-order chi connectivity index (χ0) is 9.84. The van der Waals surface area contributed by atoms with Crippen molar-refractivity contribution in [2.45, 2.75) is 26.3 Å². The molecule has 0 aliphatic carbocycles. The fourth-order valence-corrected chi connectivity index (χ4v) is 1.45. The molecule has 0 bridgehead atoms. The van der Waals surface area contributed by atoms with Gasteiger partial charge in [-0.1, -0.05) is 6.92 Å². The van der Waals surface area contributed by atoms with Gasteiger partial charge in [-0.3, -0.25) is 4.79 Å². The van der Waals surface area contributed by atoms with Crippen LogP contribution in [0.15, 0.2) is 0 Å². The second kappa shape index (κ2) is 4.18. The molecule has 1 heterocycles. The maximum Gasteiger partial charge on any atom is 0.239 e. The summed E-state index contributed by atoms with van der Waals surface area (Å²) < 4.78 is 4.06. The summed E-state index contributed by atoms with van der Waals surface area (Å²) in [6.07, 6.45) is 0.795. The molecule has 1 amide bonds. The molecular formula is C7H12N4OS. The number of primary amides is 1. The molecule has 13 heavy (non-hydrogen) atoms. The van der Waals surface area contributed by atoms with Crippen molar-refractivity contribution in [3.63, 3.8) is 0 Å². The number of nitrogens with zero attached hydrogens (tertiary/aromatic N) is 2. The number of hydrogen-bond donors (Lipinski definition) is 2. The van der Waals surface area contributed by atoms with Crippen LogP contribution in [0.25, 0.3) is 0 Å². The van der Waals surface area contributed by atoms with Crippen LogP contribution in [0.1, 0.15) is 19.7 Å². The van der Waals surface area contributed by atoms with Crippen molar-refractivity contribution >= 4 is 22.6 Å². The van der Waals surface area contributed by atoms with Gasteiger partial charge in [0.05, 0.1) is 0 Å². The van der Waals surface area contributed by atoms with Gasteiger partial charge in [-0.25, -0.2) is 4.98 Å². The maximum atomic E-state index is 10.7. The predicted octanol–water partition coefficient (Wildman–Crippen LogP) is 0.386. The smallest absolute Gasteiger partial charge is 0.239 e. The molecular weight excluding hydrogens is 188 g/mol. The number of aryl methyl sites for hydroxylation is 1. The lowest BCUT2D eigenvalue weighted by atomic mass is 10.3. The van der Waals surface area contributed by atoms with Crippen molar-refractivity contribution in [2.24, 2.45) is 5.73 Å². The Morgan fingerprint density at radius 3 is 2.92 bits per heavy atom. The van der Waals surface area contributed by atoms with Crippen molar-refractivity contribution in [3.8, 4) is 0 Å². The van der Waals surface area contributed by atoms with E-state index >= 15 is 0 Å². The van der Waals surface area contributed by atoms with Gasteiger partial charge in [-0.2, -0.15) is 4.37 Å². The van der Waals surface area contributed by atoms with E-state index in [1.807, 2.05) is 6.92 Å². The Hall–Kier alpha value is -1.17. The molecule has 0 fully saturated rings. The highest BCUT2D eigenvalue weighted by atomic mass is 32.1. The van der Waals surface area contributed by atoms with E-state index in [4.69, 9.17) is 5.73 Å².